The van der Waals surface area contributed by atoms with Crippen molar-refractivity contribution in [3.63, 3.8) is 0 Å². The Balaban J connectivity index is 2.20. The molecular formula is C16H18ClFN2O. The molecule has 0 saturated heterocycles. The molecule has 5 heteroatoms. The maximum absolute atomic E-state index is 13.9. The Morgan fingerprint density at radius 3 is 2.86 bits per heavy atom. The second-order valence-corrected chi connectivity index (χ2v) is 5.15. The summed E-state index contributed by atoms with van der Waals surface area (Å²) in [5.41, 5.74) is 0.543. The number of rotatable bonds is 6. The van der Waals surface area contributed by atoms with Crippen LogP contribution in [0.3, 0.4) is 0 Å². The minimum atomic E-state index is -0.343. The van der Waals surface area contributed by atoms with Gasteiger partial charge in [-0.3, -0.25) is 4.98 Å². The van der Waals surface area contributed by atoms with Gasteiger partial charge in [-0.15, -0.1) is 0 Å². The number of halogens is 2. The molecule has 0 amide bonds. The van der Waals surface area contributed by atoms with E-state index in [4.69, 9.17) is 16.3 Å². The summed E-state index contributed by atoms with van der Waals surface area (Å²) in [7, 11) is 0. The van der Waals surface area contributed by atoms with E-state index < -0.39 is 0 Å². The molecule has 0 fully saturated rings. The first-order valence-electron chi connectivity index (χ1n) is 6.86. The summed E-state index contributed by atoms with van der Waals surface area (Å²) in [4.78, 5) is 3.78. The maximum Gasteiger partial charge on any atom is 0.146 e. The van der Waals surface area contributed by atoms with Crippen molar-refractivity contribution in [2.45, 2.75) is 26.0 Å². The molecule has 21 heavy (non-hydrogen) atoms. The lowest BCUT2D eigenvalue weighted by Crippen LogP contribution is -2.34. The zero-order valence-corrected chi connectivity index (χ0v) is 12.8. The third kappa shape index (κ3) is 4.16. The van der Waals surface area contributed by atoms with Crippen LogP contribution in [-0.4, -0.2) is 17.6 Å². The smallest absolute Gasteiger partial charge is 0.146 e. The third-order valence-corrected chi connectivity index (χ3v) is 3.39. The Labute approximate surface area is 129 Å². The Morgan fingerprint density at radius 1 is 1.38 bits per heavy atom. The van der Waals surface area contributed by atoms with Crippen LogP contribution in [0.5, 0.6) is 5.75 Å². The van der Waals surface area contributed by atoms with E-state index in [1.54, 1.807) is 24.4 Å². The predicted octanol–water partition coefficient (Wildman–Crippen LogP) is 3.99. The molecule has 0 saturated carbocycles. The van der Waals surface area contributed by atoms with Gasteiger partial charge in [-0.05, 0) is 37.7 Å². The summed E-state index contributed by atoms with van der Waals surface area (Å²) in [6.45, 7) is 4.57. The Morgan fingerprint density at radius 2 is 2.19 bits per heavy atom. The molecule has 0 spiro atoms. The third-order valence-electron chi connectivity index (χ3n) is 3.15. The summed E-state index contributed by atoms with van der Waals surface area (Å²) in [6.07, 6.45) is 2.53. The molecule has 2 rings (SSSR count). The van der Waals surface area contributed by atoms with Crippen LogP contribution in [0.15, 0.2) is 42.7 Å². The second-order valence-electron chi connectivity index (χ2n) is 4.71. The number of hydrogen-bond donors (Lipinski definition) is 1. The van der Waals surface area contributed by atoms with Crippen LogP contribution in [0.4, 0.5) is 4.39 Å². The van der Waals surface area contributed by atoms with Crippen molar-refractivity contribution in [3.8, 4) is 5.75 Å². The first kappa shape index (κ1) is 15.7. The predicted molar refractivity (Wildman–Crippen MR) is 82.2 cm³/mol. The lowest BCUT2D eigenvalue weighted by Gasteiger charge is -2.26. The highest BCUT2D eigenvalue weighted by Crippen LogP contribution is 2.25. The molecule has 1 aromatic carbocycles. The Bertz CT molecular complexity index is 594. The van der Waals surface area contributed by atoms with Crippen molar-refractivity contribution in [1.82, 2.24) is 10.3 Å². The van der Waals surface area contributed by atoms with Gasteiger partial charge in [0.1, 0.15) is 17.7 Å². The molecule has 0 aliphatic heterocycles. The van der Waals surface area contributed by atoms with Crippen LogP contribution in [-0.2, 0) is 0 Å². The lowest BCUT2D eigenvalue weighted by molar-refractivity contribution is 0.169. The Kier molecular flexibility index (Phi) is 5.53. The van der Waals surface area contributed by atoms with Crippen molar-refractivity contribution in [2.75, 3.05) is 6.54 Å². The quantitative estimate of drug-likeness (QED) is 0.876. The molecular weight excluding hydrogens is 291 g/mol. The first-order chi connectivity index (χ1) is 10.1. The number of likely N-dealkylation sites (N-methyl/N-ethyl adjacent to an activating group) is 1. The molecule has 0 bridgehead atoms. The highest BCUT2D eigenvalue weighted by molar-refractivity contribution is 6.30. The number of aromatic nitrogens is 1. The molecule has 0 aliphatic carbocycles. The Hall–Kier alpha value is -1.65. The summed E-state index contributed by atoms with van der Waals surface area (Å²) in [5.74, 6) is 0.317. The summed E-state index contributed by atoms with van der Waals surface area (Å²) in [5, 5.41) is 3.85. The van der Waals surface area contributed by atoms with Crippen molar-refractivity contribution in [2.24, 2.45) is 0 Å². The van der Waals surface area contributed by atoms with E-state index in [0.717, 1.165) is 0 Å². The van der Waals surface area contributed by atoms with Crippen LogP contribution >= 0.6 is 11.6 Å². The minimum absolute atomic E-state index is 0.264. The highest BCUT2D eigenvalue weighted by Gasteiger charge is 2.23. The topological polar surface area (TPSA) is 34.2 Å². The number of pyridine rings is 1. The lowest BCUT2D eigenvalue weighted by atomic mass is 10.0. The number of ether oxygens (including phenoxy) is 1. The van der Waals surface area contributed by atoms with Gasteiger partial charge >= 0.3 is 0 Å². The van der Waals surface area contributed by atoms with E-state index in [-0.39, 0.29) is 18.0 Å². The zero-order chi connectivity index (χ0) is 15.2. The normalized spacial score (nSPS) is 13.7. The first-order valence-corrected chi connectivity index (χ1v) is 7.24. The van der Waals surface area contributed by atoms with Crippen molar-refractivity contribution < 1.29 is 9.13 Å². The van der Waals surface area contributed by atoms with Gasteiger partial charge in [-0.1, -0.05) is 24.6 Å². The zero-order valence-electron chi connectivity index (χ0n) is 12.0. The van der Waals surface area contributed by atoms with Gasteiger partial charge in [0.05, 0.1) is 12.2 Å². The largest absolute Gasteiger partial charge is 0.489 e. The SMILES string of the molecule is CCNC(c1ccncc1F)C(C)Oc1cccc(Cl)c1. The monoisotopic (exact) mass is 308 g/mol. The number of nitrogens with one attached hydrogen (secondary N) is 1. The number of benzene rings is 1. The van der Waals surface area contributed by atoms with Crippen LogP contribution in [0, 0.1) is 5.82 Å². The van der Waals surface area contributed by atoms with Crippen LogP contribution < -0.4 is 10.1 Å². The number of nitrogens with zero attached hydrogens (tertiary/aromatic N) is 1. The standard InChI is InChI=1S/C16H18ClFN2O/c1-3-20-16(14-7-8-19-10-15(14)18)11(2)21-13-6-4-5-12(17)9-13/h4-11,16,20H,3H2,1-2H3. The molecule has 0 radical (unpaired) electrons. The van der Waals surface area contributed by atoms with Gasteiger partial charge in [0.15, 0.2) is 0 Å². The molecule has 1 aromatic heterocycles. The van der Waals surface area contributed by atoms with Crippen molar-refractivity contribution >= 4 is 11.6 Å². The molecule has 2 unspecified atom stereocenters. The van der Waals surface area contributed by atoms with E-state index in [1.807, 2.05) is 26.0 Å². The van der Waals surface area contributed by atoms with E-state index in [2.05, 4.69) is 10.3 Å². The second kappa shape index (κ2) is 7.38. The molecule has 112 valence electrons. The van der Waals surface area contributed by atoms with E-state index in [1.165, 1.54) is 6.20 Å². The number of hydrogen-bond acceptors (Lipinski definition) is 3. The maximum atomic E-state index is 13.9. The van der Waals surface area contributed by atoms with Gasteiger partial charge in [0, 0.05) is 16.8 Å². The van der Waals surface area contributed by atoms with E-state index >= 15 is 0 Å². The minimum Gasteiger partial charge on any atom is -0.489 e. The summed E-state index contributed by atoms with van der Waals surface area (Å²) in [6, 6.07) is 8.57. The summed E-state index contributed by atoms with van der Waals surface area (Å²) >= 11 is 5.95. The molecule has 2 aromatic rings. The fourth-order valence-electron chi connectivity index (χ4n) is 2.21. The van der Waals surface area contributed by atoms with Gasteiger partial charge in [-0.25, -0.2) is 4.39 Å². The molecule has 2 atom stereocenters. The van der Waals surface area contributed by atoms with Gasteiger partial charge in [0.25, 0.3) is 0 Å². The average molecular weight is 309 g/mol. The molecule has 3 nitrogen and oxygen atoms in total. The van der Waals surface area contributed by atoms with Gasteiger partial charge in [-0.2, -0.15) is 0 Å². The van der Waals surface area contributed by atoms with Crippen LogP contribution in [0.2, 0.25) is 5.02 Å². The van der Waals surface area contributed by atoms with Crippen LogP contribution in [0.25, 0.3) is 0 Å². The van der Waals surface area contributed by atoms with E-state index in [9.17, 15) is 4.39 Å². The fraction of sp³-hybridized carbons (Fsp3) is 0.312. The van der Waals surface area contributed by atoms with Crippen molar-refractivity contribution in [3.05, 3.63) is 59.1 Å². The highest BCUT2D eigenvalue weighted by atomic mass is 35.5. The molecule has 1 N–H and O–H groups in total. The van der Waals surface area contributed by atoms with Gasteiger partial charge in [0.2, 0.25) is 0 Å². The van der Waals surface area contributed by atoms with E-state index in [0.29, 0.717) is 22.9 Å². The molecule has 1 heterocycles. The van der Waals surface area contributed by atoms with Gasteiger partial charge < -0.3 is 10.1 Å². The summed E-state index contributed by atoms with van der Waals surface area (Å²) < 4.78 is 19.8. The fourth-order valence-corrected chi connectivity index (χ4v) is 2.39. The average Bonchev–Trinajstić information content (AvgIpc) is 2.45. The molecule has 0 aliphatic rings. The van der Waals surface area contributed by atoms with Crippen LogP contribution in [0.1, 0.15) is 25.5 Å². The van der Waals surface area contributed by atoms with Crippen molar-refractivity contribution in [1.29, 1.82) is 0 Å².